The normalized spacial score (nSPS) is 27.2. The molecule has 22 heavy (non-hydrogen) atoms. The van der Waals surface area contributed by atoms with Gasteiger partial charge < -0.3 is 10.2 Å². The summed E-state index contributed by atoms with van der Waals surface area (Å²) in [5.74, 6) is 1.19. The zero-order chi connectivity index (χ0) is 15.1. The van der Waals surface area contributed by atoms with Crippen LogP contribution in [0.5, 0.6) is 0 Å². The Hall–Kier alpha value is -2.04. The number of nitrogens with zero attached hydrogens (tertiary/aromatic N) is 2. The molecule has 0 spiro atoms. The van der Waals surface area contributed by atoms with Crippen LogP contribution < -0.4 is 5.32 Å². The molecular weight excluding hydrogens is 278 g/mol. The Morgan fingerprint density at radius 3 is 2.73 bits per heavy atom. The first kappa shape index (κ1) is 13.6. The first-order valence-electron chi connectivity index (χ1n) is 8.09. The van der Waals surface area contributed by atoms with E-state index in [0.29, 0.717) is 31.1 Å². The quantitative estimate of drug-likeness (QED) is 0.921. The van der Waals surface area contributed by atoms with E-state index in [1.807, 2.05) is 11.0 Å². The standard InChI is InChI=1S/C17H21N3O2/c21-16-10-19(11-20(16)14-6-7-14)17(22)18-9-13-8-15(13)12-4-2-1-3-5-12/h1-5,13-15H,6-11H2,(H,18,22)/t13-,15-/m1/s1. The van der Waals surface area contributed by atoms with Crippen LogP contribution in [0.3, 0.4) is 0 Å². The lowest BCUT2D eigenvalue weighted by atomic mass is 10.1. The monoisotopic (exact) mass is 299 g/mol. The van der Waals surface area contributed by atoms with Gasteiger partial charge in [0.25, 0.3) is 0 Å². The van der Waals surface area contributed by atoms with Crippen LogP contribution in [0.2, 0.25) is 0 Å². The second-order valence-electron chi connectivity index (χ2n) is 6.63. The molecule has 1 aromatic rings. The second-order valence-corrected chi connectivity index (χ2v) is 6.63. The highest BCUT2D eigenvalue weighted by atomic mass is 16.2. The number of amides is 3. The van der Waals surface area contributed by atoms with Gasteiger partial charge in [0.1, 0.15) is 6.54 Å². The van der Waals surface area contributed by atoms with E-state index < -0.39 is 0 Å². The van der Waals surface area contributed by atoms with Crippen LogP contribution in [0.15, 0.2) is 30.3 Å². The predicted octanol–water partition coefficient (Wildman–Crippen LogP) is 1.76. The van der Waals surface area contributed by atoms with Crippen molar-refractivity contribution in [1.82, 2.24) is 15.1 Å². The van der Waals surface area contributed by atoms with E-state index in [9.17, 15) is 9.59 Å². The molecular formula is C17H21N3O2. The first-order chi connectivity index (χ1) is 10.7. The molecule has 5 nitrogen and oxygen atoms in total. The Kier molecular flexibility index (Phi) is 3.28. The molecule has 2 aliphatic carbocycles. The highest BCUT2D eigenvalue weighted by Crippen LogP contribution is 2.46. The number of rotatable bonds is 4. The number of benzene rings is 1. The minimum atomic E-state index is -0.102. The third kappa shape index (κ3) is 2.67. The third-order valence-electron chi connectivity index (χ3n) is 4.91. The van der Waals surface area contributed by atoms with Gasteiger partial charge in [-0.05, 0) is 36.7 Å². The molecule has 5 heteroatoms. The van der Waals surface area contributed by atoms with Crippen molar-refractivity contribution in [3.8, 4) is 0 Å². The van der Waals surface area contributed by atoms with Crippen molar-refractivity contribution in [3.63, 3.8) is 0 Å². The van der Waals surface area contributed by atoms with E-state index in [1.54, 1.807) is 4.90 Å². The van der Waals surface area contributed by atoms with Crippen LogP contribution in [0.4, 0.5) is 4.79 Å². The minimum Gasteiger partial charge on any atom is -0.338 e. The molecule has 0 unspecified atom stereocenters. The third-order valence-corrected chi connectivity index (χ3v) is 4.91. The summed E-state index contributed by atoms with van der Waals surface area (Å²) >= 11 is 0. The molecule has 1 aromatic carbocycles. The van der Waals surface area contributed by atoms with Gasteiger partial charge in [-0.15, -0.1) is 0 Å². The van der Waals surface area contributed by atoms with Crippen LogP contribution in [0, 0.1) is 5.92 Å². The van der Waals surface area contributed by atoms with Crippen LogP contribution in [0.25, 0.3) is 0 Å². The number of urea groups is 1. The summed E-state index contributed by atoms with van der Waals surface area (Å²) in [6, 6.07) is 10.7. The molecule has 4 rings (SSSR count). The number of hydrogen-bond donors (Lipinski definition) is 1. The Morgan fingerprint density at radius 1 is 1.23 bits per heavy atom. The largest absolute Gasteiger partial charge is 0.338 e. The second kappa shape index (κ2) is 5.30. The van der Waals surface area contributed by atoms with Gasteiger partial charge in [0.2, 0.25) is 5.91 Å². The van der Waals surface area contributed by atoms with E-state index in [2.05, 4.69) is 29.6 Å². The molecule has 2 atom stereocenters. The van der Waals surface area contributed by atoms with Crippen molar-refractivity contribution in [2.75, 3.05) is 19.8 Å². The van der Waals surface area contributed by atoms with Crippen molar-refractivity contribution in [3.05, 3.63) is 35.9 Å². The van der Waals surface area contributed by atoms with Crippen molar-refractivity contribution < 1.29 is 9.59 Å². The minimum absolute atomic E-state index is 0.0891. The smallest absolute Gasteiger partial charge is 0.319 e. The van der Waals surface area contributed by atoms with Gasteiger partial charge in [0.05, 0.1) is 6.67 Å². The zero-order valence-electron chi connectivity index (χ0n) is 12.6. The van der Waals surface area contributed by atoms with Gasteiger partial charge in [0, 0.05) is 12.6 Å². The molecule has 1 aliphatic heterocycles. The van der Waals surface area contributed by atoms with Gasteiger partial charge in [0.15, 0.2) is 0 Å². The maximum absolute atomic E-state index is 12.2. The van der Waals surface area contributed by atoms with Gasteiger partial charge in [-0.2, -0.15) is 0 Å². The summed E-state index contributed by atoms with van der Waals surface area (Å²) in [7, 11) is 0. The molecule has 3 aliphatic rings. The van der Waals surface area contributed by atoms with Crippen LogP contribution in [-0.2, 0) is 4.79 Å². The summed E-state index contributed by atoms with van der Waals surface area (Å²) in [6.07, 6.45) is 3.31. The molecule has 1 heterocycles. The number of carbonyl (C=O) groups is 2. The van der Waals surface area contributed by atoms with Crippen molar-refractivity contribution in [2.45, 2.75) is 31.2 Å². The Balaban J connectivity index is 1.25. The lowest BCUT2D eigenvalue weighted by Crippen LogP contribution is -2.40. The van der Waals surface area contributed by atoms with Crippen molar-refractivity contribution >= 4 is 11.9 Å². The van der Waals surface area contributed by atoms with E-state index in [0.717, 1.165) is 19.3 Å². The molecule has 3 amide bonds. The maximum Gasteiger partial charge on any atom is 0.319 e. The Bertz CT molecular complexity index is 585. The number of carbonyl (C=O) groups excluding carboxylic acids is 2. The Labute approximate surface area is 130 Å². The maximum atomic E-state index is 12.2. The average molecular weight is 299 g/mol. The first-order valence-corrected chi connectivity index (χ1v) is 8.09. The topological polar surface area (TPSA) is 52.7 Å². The highest BCUT2D eigenvalue weighted by molar-refractivity contribution is 5.87. The van der Waals surface area contributed by atoms with E-state index >= 15 is 0 Å². The molecule has 2 saturated carbocycles. The summed E-state index contributed by atoms with van der Waals surface area (Å²) < 4.78 is 0. The molecule has 1 N–H and O–H groups in total. The van der Waals surface area contributed by atoms with E-state index in [4.69, 9.17) is 0 Å². The van der Waals surface area contributed by atoms with E-state index in [1.165, 1.54) is 5.56 Å². The summed E-state index contributed by atoms with van der Waals surface area (Å²) in [4.78, 5) is 27.5. The highest BCUT2D eigenvalue weighted by Gasteiger charge is 2.41. The predicted molar refractivity (Wildman–Crippen MR) is 82.1 cm³/mol. The summed E-state index contributed by atoms with van der Waals surface area (Å²) in [6.45, 7) is 1.39. The Morgan fingerprint density at radius 2 is 2.00 bits per heavy atom. The van der Waals surface area contributed by atoms with Crippen molar-refractivity contribution in [2.24, 2.45) is 5.92 Å². The fourth-order valence-corrected chi connectivity index (χ4v) is 3.32. The molecule has 0 aromatic heterocycles. The lowest BCUT2D eigenvalue weighted by Gasteiger charge is -2.18. The van der Waals surface area contributed by atoms with Gasteiger partial charge in [-0.25, -0.2) is 4.79 Å². The average Bonchev–Trinajstić information content (AvgIpc) is 3.45. The molecule has 0 bridgehead atoms. The van der Waals surface area contributed by atoms with Gasteiger partial charge in [-0.1, -0.05) is 30.3 Å². The van der Waals surface area contributed by atoms with Gasteiger partial charge in [-0.3, -0.25) is 9.69 Å². The summed E-state index contributed by atoms with van der Waals surface area (Å²) in [5, 5.41) is 2.99. The van der Waals surface area contributed by atoms with Crippen LogP contribution >= 0.6 is 0 Å². The van der Waals surface area contributed by atoms with Crippen LogP contribution in [0.1, 0.15) is 30.7 Å². The number of nitrogens with one attached hydrogen (secondary N) is 1. The fourth-order valence-electron chi connectivity index (χ4n) is 3.32. The SMILES string of the molecule is O=C(NC[C@H]1C[C@@H]1c1ccccc1)N1CC(=O)N(C2CC2)C1. The number of hydrogen-bond acceptors (Lipinski definition) is 2. The summed E-state index contributed by atoms with van der Waals surface area (Å²) in [5.41, 5.74) is 1.36. The molecule has 0 radical (unpaired) electrons. The molecule has 1 saturated heterocycles. The fraction of sp³-hybridized carbons (Fsp3) is 0.529. The molecule has 116 valence electrons. The van der Waals surface area contributed by atoms with Crippen LogP contribution in [-0.4, -0.2) is 47.5 Å². The van der Waals surface area contributed by atoms with Gasteiger partial charge >= 0.3 is 6.03 Å². The molecule has 3 fully saturated rings. The lowest BCUT2D eigenvalue weighted by molar-refractivity contribution is -0.127. The zero-order valence-corrected chi connectivity index (χ0v) is 12.6. The van der Waals surface area contributed by atoms with Crippen molar-refractivity contribution in [1.29, 1.82) is 0 Å². The van der Waals surface area contributed by atoms with E-state index in [-0.39, 0.29) is 18.5 Å².